The Morgan fingerprint density at radius 2 is 0.929 bits per heavy atom. The van der Waals surface area contributed by atoms with E-state index in [9.17, 15) is 0 Å². The Morgan fingerprint density at radius 3 is 1.36 bits per heavy atom. The Kier molecular flexibility index (Phi) is 5.37. The van der Waals surface area contributed by atoms with Gasteiger partial charge in [-0.15, -0.1) is 0 Å². The first-order valence-corrected chi connectivity index (χ1v) is 11.1. The van der Waals surface area contributed by atoms with E-state index in [0.29, 0.717) is 0 Å². The van der Waals surface area contributed by atoms with Crippen molar-refractivity contribution in [2.45, 2.75) is 0 Å². The zero-order chi connectivity index (χ0) is 19.2. The zero-order valence-electron chi connectivity index (χ0n) is 15.6. The second kappa shape index (κ2) is 8.25. The molecule has 0 aromatic heterocycles. The van der Waals surface area contributed by atoms with Gasteiger partial charge < -0.3 is 0 Å². The molecular weight excluding hydrogens is 357 g/mol. The molecule has 136 valence electrons. The molecule has 4 aromatic rings. The van der Waals surface area contributed by atoms with Crippen LogP contribution < -0.4 is 15.9 Å². The average Bonchev–Trinajstić information content (AvgIpc) is 2.79. The molecule has 2 heteroatoms. The standard InChI is InChI=1S/C26H22NP/c1-2-22-14-12-13-21-26(22)27-28(23-15-6-3-7-16-23,24-17-8-4-9-18-24)25-19-10-5-11-20-25/h2-21H,1H2. The lowest BCUT2D eigenvalue weighted by Gasteiger charge is -2.27. The smallest absolute Gasteiger partial charge is 0.0697 e. The summed E-state index contributed by atoms with van der Waals surface area (Å²) in [6.45, 7) is 3.99. The van der Waals surface area contributed by atoms with Crippen molar-refractivity contribution in [3.05, 3.63) is 127 Å². The minimum absolute atomic E-state index is 0.974. The van der Waals surface area contributed by atoms with Crippen molar-refractivity contribution < 1.29 is 0 Å². The first-order valence-electron chi connectivity index (χ1n) is 9.35. The lowest BCUT2D eigenvalue weighted by atomic mass is 10.2. The predicted molar refractivity (Wildman–Crippen MR) is 124 cm³/mol. The van der Waals surface area contributed by atoms with Crippen LogP contribution in [0.1, 0.15) is 5.56 Å². The first-order chi connectivity index (χ1) is 13.8. The number of benzene rings is 4. The van der Waals surface area contributed by atoms with Crippen molar-refractivity contribution >= 4 is 34.7 Å². The molecule has 4 aromatic carbocycles. The average molecular weight is 379 g/mol. The monoisotopic (exact) mass is 379 g/mol. The number of hydrogen-bond acceptors (Lipinski definition) is 1. The Morgan fingerprint density at radius 1 is 0.536 bits per heavy atom. The summed E-state index contributed by atoms with van der Waals surface area (Å²) in [4.78, 5) is 0. The van der Waals surface area contributed by atoms with Crippen LogP contribution in [0.3, 0.4) is 0 Å². The van der Waals surface area contributed by atoms with Crippen molar-refractivity contribution in [3.63, 3.8) is 0 Å². The summed E-state index contributed by atoms with van der Waals surface area (Å²) in [6.07, 6.45) is 1.88. The summed E-state index contributed by atoms with van der Waals surface area (Å²) in [5, 5.41) is 3.73. The quantitative estimate of drug-likeness (QED) is 0.369. The molecule has 0 bridgehead atoms. The summed E-state index contributed by atoms with van der Waals surface area (Å²) >= 11 is 0. The molecular formula is C26H22NP. The minimum atomic E-state index is -2.24. The molecule has 0 amide bonds. The minimum Gasteiger partial charge on any atom is -0.253 e. The Labute approximate surface area is 167 Å². The predicted octanol–water partition coefficient (Wildman–Crippen LogP) is 6.14. The lowest BCUT2D eigenvalue weighted by molar-refractivity contribution is 1.52. The third-order valence-corrected chi connectivity index (χ3v) is 8.46. The van der Waals surface area contributed by atoms with Crippen LogP contribution in [0.2, 0.25) is 0 Å². The van der Waals surface area contributed by atoms with E-state index in [1.165, 1.54) is 15.9 Å². The highest BCUT2D eigenvalue weighted by Gasteiger charge is 2.27. The van der Waals surface area contributed by atoms with Crippen LogP contribution in [0.25, 0.3) is 6.08 Å². The molecule has 1 nitrogen and oxygen atoms in total. The van der Waals surface area contributed by atoms with Gasteiger partial charge in [-0.1, -0.05) is 122 Å². The van der Waals surface area contributed by atoms with Gasteiger partial charge in [0.2, 0.25) is 0 Å². The van der Waals surface area contributed by atoms with Gasteiger partial charge in [0.25, 0.3) is 0 Å². The van der Waals surface area contributed by atoms with Crippen LogP contribution in [0.4, 0.5) is 5.69 Å². The van der Waals surface area contributed by atoms with Crippen LogP contribution in [-0.4, -0.2) is 0 Å². The molecule has 0 saturated heterocycles. The maximum Gasteiger partial charge on any atom is 0.0697 e. The van der Waals surface area contributed by atoms with E-state index in [2.05, 4.69) is 110 Å². The summed E-state index contributed by atoms with van der Waals surface area (Å²) in [5.74, 6) is 0. The van der Waals surface area contributed by atoms with Gasteiger partial charge in [0, 0.05) is 15.9 Å². The second-order valence-electron chi connectivity index (χ2n) is 6.50. The number of rotatable bonds is 5. The summed E-state index contributed by atoms with van der Waals surface area (Å²) in [7, 11) is -2.24. The molecule has 0 atom stereocenters. The molecule has 0 spiro atoms. The van der Waals surface area contributed by atoms with Gasteiger partial charge in [-0.05, 0) is 11.6 Å². The van der Waals surface area contributed by atoms with Crippen molar-refractivity contribution in [2.75, 3.05) is 0 Å². The van der Waals surface area contributed by atoms with Crippen molar-refractivity contribution in [3.8, 4) is 0 Å². The lowest BCUT2D eigenvalue weighted by Crippen LogP contribution is -2.25. The molecule has 0 radical (unpaired) electrons. The fourth-order valence-corrected chi connectivity index (χ4v) is 7.02. The maximum absolute atomic E-state index is 5.51. The third-order valence-electron chi connectivity index (χ3n) is 4.80. The van der Waals surface area contributed by atoms with E-state index in [0.717, 1.165) is 11.3 Å². The first kappa shape index (κ1) is 18.2. The van der Waals surface area contributed by atoms with Crippen LogP contribution in [0, 0.1) is 0 Å². The Bertz CT molecular complexity index is 1010. The topological polar surface area (TPSA) is 12.4 Å². The second-order valence-corrected chi connectivity index (χ2v) is 9.53. The SMILES string of the molecule is C=Cc1ccccc1N=P(c1ccccc1)(c1ccccc1)c1ccccc1. The van der Waals surface area contributed by atoms with Crippen LogP contribution in [-0.2, 0) is 0 Å². The van der Waals surface area contributed by atoms with Crippen LogP contribution in [0.15, 0.2) is 127 Å². The molecule has 4 rings (SSSR count). The van der Waals surface area contributed by atoms with E-state index < -0.39 is 7.05 Å². The van der Waals surface area contributed by atoms with Gasteiger partial charge in [-0.3, -0.25) is 4.74 Å². The fourth-order valence-electron chi connectivity index (χ4n) is 3.46. The molecule has 0 aliphatic rings. The highest BCUT2D eigenvalue weighted by molar-refractivity contribution is 7.87. The summed E-state index contributed by atoms with van der Waals surface area (Å²) in [5.41, 5.74) is 2.03. The van der Waals surface area contributed by atoms with Gasteiger partial charge in [0.05, 0.1) is 12.7 Å². The maximum atomic E-state index is 5.51. The fraction of sp³-hybridized carbons (Fsp3) is 0. The summed E-state index contributed by atoms with van der Waals surface area (Å²) < 4.78 is 5.51. The van der Waals surface area contributed by atoms with E-state index in [1.807, 2.05) is 18.2 Å². The number of hydrogen-bond donors (Lipinski definition) is 0. The van der Waals surface area contributed by atoms with E-state index >= 15 is 0 Å². The third kappa shape index (κ3) is 3.38. The molecule has 0 N–H and O–H groups in total. The Balaban J connectivity index is 2.16. The molecule has 0 aliphatic heterocycles. The molecule has 0 aliphatic carbocycles. The van der Waals surface area contributed by atoms with Crippen molar-refractivity contribution in [1.82, 2.24) is 0 Å². The van der Waals surface area contributed by atoms with E-state index in [1.54, 1.807) is 0 Å². The van der Waals surface area contributed by atoms with Gasteiger partial charge >= 0.3 is 0 Å². The highest BCUT2D eigenvalue weighted by Crippen LogP contribution is 2.49. The van der Waals surface area contributed by atoms with E-state index in [4.69, 9.17) is 4.74 Å². The molecule has 0 unspecified atom stereocenters. The van der Waals surface area contributed by atoms with Crippen LogP contribution >= 0.6 is 7.05 Å². The summed E-state index contributed by atoms with van der Waals surface area (Å²) in [6, 6.07) is 40.2. The van der Waals surface area contributed by atoms with Gasteiger partial charge in [0.15, 0.2) is 0 Å². The van der Waals surface area contributed by atoms with Gasteiger partial charge in [0.1, 0.15) is 0 Å². The largest absolute Gasteiger partial charge is 0.253 e. The van der Waals surface area contributed by atoms with Crippen LogP contribution in [0.5, 0.6) is 0 Å². The molecule has 0 saturated carbocycles. The molecule has 0 heterocycles. The molecule has 28 heavy (non-hydrogen) atoms. The van der Waals surface area contributed by atoms with E-state index in [-0.39, 0.29) is 0 Å². The number of nitrogens with zero attached hydrogens (tertiary/aromatic N) is 1. The Hall–Kier alpha value is -3.15. The van der Waals surface area contributed by atoms with Crippen molar-refractivity contribution in [2.24, 2.45) is 4.74 Å². The zero-order valence-corrected chi connectivity index (χ0v) is 16.5. The van der Waals surface area contributed by atoms with Crippen molar-refractivity contribution in [1.29, 1.82) is 0 Å². The van der Waals surface area contributed by atoms with Gasteiger partial charge in [-0.2, -0.15) is 0 Å². The normalized spacial score (nSPS) is 11.0. The molecule has 0 fully saturated rings. The highest BCUT2D eigenvalue weighted by atomic mass is 31.2. The van der Waals surface area contributed by atoms with Gasteiger partial charge in [-0.25, -0.2) is 0 Å².